The van der Waals surface area contributed by atoms with Gasteiger partial charge in [0.2, 0.25) is 5.91 Å². The Kier molecular flexibility index (Phi) is 6.83. The van der Waals surface area contributed by atoms with E-state index in [-0.39, 0.29) is 12.0 Å². The Labute approximate surface area is 203 Å². The van der Waals surface area contributed by atoms with Gasteiger partial charge < -0.3 is 9.15 Å². The van der Waals surface area contributed by atoms with E-state index in [2.05, 4.69) is 10.3 Å². The number of furan rings is 1. The standard InChI is InChI=1S/C24H18Cl2N2O4S/c1-13(2)31-23(30)14-6-9-18-20(12-14)33-24(27-18)28-21(29)11-8-15-7-10-19(32-15)16-4-3-5-17(25)22(16)26/h3-13H,1-2H3,(H,27,28,29)/b11-8+. The van der Waals surface area contributed by atoms with Crippen LogP contribution in [0.2, 0.25) is 10.0 Å². The molecule has 0 saturated carbocycles. The number of rotatable bonds is 6. The van der Waals surface area contributed by atoms with Crippen molar-refractivity contribution in [1.82, 2.24) is 4.98 Å². The predicted octanol–water partition coefficient (Wildman–Crippen LogP) is 7.08. The van der Waals surface area contributed by atoms with E-state index in [0.29, 0.717) is 43.3 Å². The number of benzene rings is 2. The number of carbonyl (C=O) groups excluding carboxylic acids is 2. The highest BCUT2D eigenvalue weighted by Crippen LogP contribution is 2.34. The van der Waals surface area contributed by atoms with Gasteiger partial charge in [-0.05, 0) is 62.4 Å². The first-order valence-electron chi connectivity index (χ1n) is 9.95. The number of halogens is 2. The van der Waals surface area contributed by atoms with Gasteiger partial charge in [-0.25, -0.2) is 9.78 Å². The van der Waals surface area contributed by atoms with E-state index in [1.807, 2.05) is 0 Å². The highest BCUT2D eigenvalue weighted by atomic mass is 35.5. The first-order valence-corrected chi connectivity index (χ1v) is 11.5. The third kappa shape index (κ3) is 5.45. The maximum atomic E-state index is 12.3. The SMILES string of the molecule is CC(C)OC(=O)c1ccc2nc(NC(=O)/C=C/c3ccc(-c4cccc(Cl)c4Cl)o3)sc2c1. The van der Waals surface area contributed by atoms with E-state index < -0.39 is 5.97 Å². The molecular weight excluding hydrogens is 483 g/mol. The van der Waals surface area contributed by atoms with Crippen LogP contribution in [0.3, 0.4) is 0 Å². The number of thiazole rings is 1. The van der Waals surface area contributed by atoms with Crippen LogP contribution in [0, 0.1) is 0 Å². The number of carbonyl (C=O) groups is 2. The molecule has 0 radical (unpaired) electrons. The quantitative estimate of drug-likeness (QED) is 0.226. The van der Waals surface area contributed by atoms with Gasteiger partial charge in [-0.15, -0.1) is 0 Å². The summed E-state index contributed by atoms with van der Waals surface area (Å²) < 4.78 is 11.7. The predicted molar refractivity (Wildman–Crippen MR) is 132 cm³/mol. The van der Waals surface area contributed by atoms with Crippen molar-refractivity contribution in [1.29, 1.82) is 0 Å². The molecular formula is C24H18Cl2N2O4S. The summed E-state index contributed by atoms with van der Waals surface area (Å²) in [6.45, 7) is 3.58. The average molecular weight is 501 g/mol. The van der Waals surface area contributed by atoms with Crippen LogP contribution in [0.4, 0.5) is 5.13 Å². The second kappa shape index (κ2) is 9.79. The van der Waals surface area contributed by atoms with E-state index >= 15 is 0 Å². The molecule has 0 bridgehead atoms. The van der Waals surface area contributed by atoms with Crippen molar-refractivity contribution in [3.63, 3.8) is 0 Å². The summed E-state index contributed by atoms with van der Waals surface area (Å²) in [5.41, 5.74) is 1.78. The van der Waals surface area contributed by atoms with Crippen LogP contribution >= 0.6 is 34.5 Å². The largest absolute Gasteiger partial charge is 0.459 e. The summed E-state index contributed by atoms with van der Waals surface area (Å²) in [6, 6.07) is 13.8. The normalized spacial score (nSPS) is 11.4. The number of hydrogen-bond acceptors (Lipinski definition) is 6. The van der Waals surface area contributed by atoms with Crippen LogP contribution in [0.1, 0.15) is 30.0 Å². The minimum Gasteiger partial charge on any atom is -0.459 e. The van der Waals surface area contributed by atoms with E-state index in [1.165, 1.54) is 17.4 Å². The Morgan fingerprint density at radius 3 is 2.76 bits per heavy atom. The molecule has 2 aromatic carbocycles. The van der Waals surface area contributed by atoms with Gasteiger partial charge in [0, 0.05) is 11.6 Å². The van der Waals surface area contributed by atoms with Gasteiger partial charge >= 0.3 is 5.97 Å². The lowest BCUT2D eigenvalue weighted by Gasteiger charge is -2.07. The lowest BCUT2D eigenvalue weighted by Crippen LogP contribution is -2.11. The number of nitrogens with zero attached hydrogens (tertiary/aromatic N) is 1. The number of ether oxygens (including phenoxy) is 1. The summed E-state index contributed by atoms with van der Waals surface area (Å²) in [6.07, 6.45) is 2.69. The molecule has 0 atom stereocenters. The van der Waals surface area contributed by atoms with Gasteiger partial charge in [0.25, 0.3) is 0 Å². The van der Waals surface area contributed by atoms with Crippen LogP contribution in [0.15, 0.2) is 59.0 Å². The molecule has 4 aromatic rings. The van der Waals surface area contributed by atoms with Crippen LogP contribution in [0.25, 0.3) is 27.6 Å². The molecule has 2 heterocycles. The average Bonchev–Trinajstić information content (AvgIpc) is 3.39. The second-order valence-electron chi connectivity index (χ2n) is 7.28. The molecule has 2 aromatic heterocycles. The maximum absolute atomic E-state index is 12.3. The molecule has 6 nitrogen and oxygen atoms in total. The summed E-state index contributed by atoms with van der Waals surface area (Å²) in [5, 5.41) is 3.97. The molecule has 0 fully saturated rings. The number of esters is 1. The molecule has 0 aliphatic heterocycles. The smallest absolute Gasteiger partial charge is 0.338 e. The van der Waals surface area contributed by atoms with Gasteiger partial charge in [-0.2, -0.15) is 0 Å². The van der Waals surface area contributed by atoms with Crippen LogP contribution in [-0.4, -0.2) is 23.0 Å². The van der Waals surface area contributed by atoms with E-state index in [4.69, 9.17) is 32.4 Å². The fourth-order valence-electron chi connectivity index (χ4n) is 2.97. The van der Waals surface area contributed by atoms with E-state index in [1.54, 1.807) is 68.5 Å². The van der Waals surface area contributed by atoms with Gasteiger partial charge in [0.15, 0.2) is 5.13 Å². The zero-order valence-electron chi connectivity index (χ0n) is 17.6. The number of fused-ring (bicyclic) bond motifs is 1. The Hall–Kier alpha value is -3.13. The molecule has 1 N–H and O–H groups in total. The highest BCUT2D eigenvalue weighted by molar-refractivity contribution is 7.22. The lowest BCUT2D eigenvalue weighted by atomic mass is 10.2. The molecule has 1 amide bonds. The summed E-state index contributed by atoms with van der Waals surface area (Å²) in [7, 11) is 0. The Morgan fingerprint density at radius 2 is 1.97 bits per heavy atom. The molecule has 0 unspecified atom stereocenters. The fourth-order valence-corrected chi connectivity index (χ4v) is 4.28. The Morgan fingerprint density at radius 1 is 1.15 bits per heavy atom. The third-order valence-electron chi connectivity index (χ3n) is 4.44. The Balaban J connectivity index is 1.44. The molecule has 0 aliphatic rings. The molecule has 168 valence electrons. The fraction of sp³-hybridized carbons (Fsp3) is 0.125. The topological polar surface area (TPSA) is 81.4 Å². The van der Waals surface area contributed by atoms with Crippen molar-refractivity contribution in [2.75, 3.05) is 5.32 Å². The van der Waals surface area contributed by atoms with Crippen molar-refractivity contribution in [2.24, 2.45) is 0 Å². The van der Waals surface area contributed by atoms with E-state index in [0.717, 1.165) is 4.70 Å². The maximum Gasteiger partial charge on any atom is 0.338 e. The van der Waals surface area contributed by atoms with Crippen LogP contribution in [-0.2, 0) is 9.53 Å². The van der Waals surface area contributed by atoms with Crippen molar-refractivity contribution < 1.29 is 18.7 Å². The molecule has 33 heavy (non-hydrogen) atoms. The second-order valence-corrected chi connectivity index (χ2v) is 9.10. The number of nitrogens with one attached hydrogen (secondary N) is 1. The van der Waals surface area contributed by atoms with Gasteiger partial charge in [0.1, 0.15) is 11.5 Å². The summed E-state index contributed by atoms with van der Waals surface area (Å²) >= 11 is 13.6. The van der Waals surface area contributed by atoms with Crippen molar-refractivity contribution in [3.8, 4) is 11.3 Å². The van der Waals surface area contributed by atoms with Crippen LogP contribution in [0.5, 0.6) is 0 Å². The molecule has 0 saturated heterocycles. The lowest BCUT2D eigenvalue weighted by molar-refractivity contribution is -0.111. The van der Waals surface area contributed by atoms with Gasteiger partial charge in [-0.3, -0.25) is 10.1 Å². The van der Waals surface area contributed by atoms with Crippen LogP contribution < -0.4 is 5.32 Å². The molecule has 4 rings (SSSR count). The first kappa shape index (κ1) is 23.0. The first-order chi connectivity index (χ1) is 15.8. The van der Waals surface area contributed by atoms with Crippen molar-refractivity contribution in [2.45, 2.75) is 20.0 Å². The van der Waals surface area contributed by atoms with Gasteiger partial charge in [0.05, 0.1) is 31.9 Å². The summed E-state index contributed by atoms with van der Waals surface area (Å²) in [4.78, 5) is 28.8. The summed E-state index contributed by atoms with van der Waals surface area (Å²) in [5.74, 6) is 0.257. The molecule has 0 aliphatic carbocycles. The number of aromatic nitrogens is 1. The minimum atomic E-state index is -0.398. The zero-order chi connectivity index (χ0) is 23.5. The van der Waals surface area contributed by atoms with Gasteiger partial charge in [-0.1, -0.05) is 40.6 Å². The zero-order valence-corrected chi connectivity index (χ0v) is 19.9. The number of hydrogen-bond donors (Lipinski definition) is 1. The van der Waals surface area contributed by atoms with Crippen molar-refractivity contribution in [3.05, 3.63) is 76.0 Å². The molecule has 9 heteroatoms. The van der Waals surface area contributed by atoms with Crippen molar-refractivity contribution >= 4 is 67.8 Å². The highest BCUT2D eigenvalue weighted by Gasteiger charge is 2.13. The Bertz CT molecular complexity index is 1370. The third-order valence-corrected chi connectivity index (χ3v) is 6.19. The van der Waals surface area contributed by atoms with E-state index in [9.17, 15) is 9.59 Å². The molecule has 0 spiro atoms. The minimum absolute atomic E-state index is 0.205. The number of anilines is 1. The monoisotopic (exact) mass is 500 g/mol. The number of amides is 1.